The largest absolute Gasteiger partial charge is 0.437 e. The van der Waals surface area contributed by atoms with Crippen molar-refractivity contribution in [3.8, 4) is 0 Å². The molecule has 8 nitrogen and oxygen atoms in total. The Morgan fingerprint density at radius 1 is 1.42 bits per heavy atom. The van der Waals surface area contributed by atoms with Gasteiger partial charge < -0.3 is 9.73 Å². The number of amides is 2. The van der Waals surface area contributed by atoms with Gasteiger partial charge in [0.1, 0.15) is 0 Å². The Labute approximate surface area is 140 Å². The van der Waals surface area contributed by atoms with Crippen LogP contribution in [-0.4, -0.2) is 33.3 Å². The van der Waals surface area contributed by atoms with Crippen molar-refractivity contribution < 1.29 is 14.0 Å². The van der Waals surface area contributed by atoms with E-state index in [9.17, 15) is 9.59 Å². The molecule has 4 heterocycles. The molecule has 1 N–H and O–H groups in total. The van der Waals surface area contributed by atoms with Crippen molar-refractivity contribution in [2.75, 3.05) is 11.4 Å². The number of hydrogen-bond donors (Lipinski definition) is 1. The van der Waals surface area contributed by atoms with Gasteiger partial charge in [0.15, 0.2) is 16.4 Å². The second kappa shape index (κ2) is 6.00. The fourth-order valence-electron chi connectivity index (χ4n) is 2.61. The number of carbonyl (C=O) groups is 2. The van der Waals surface area contributed by atoms with Crippen LogP contribution in [0.4, 0.5) is 5.13 Å². The van der Waals surface area contributed by atoms with Crippen molar-refractivity contribution in [2.45, 2.75) is 13.0 Å². The highest BCUT2D eigenvalue weighted by molar-refractivity contribution is 7.13. The molecular weight excluding hydrogens is 330 g/mol. The predicted molar refractivity (Wildman–Crippen MR) is 86.2 cm³/mol. The predicted octanol–water partition coefficient (Wildman–Crippen LogP) is 1.35. The monoisotopic (exact) mass is 343 g/mol. The topological polar surface area (TPSA) is 101 Å². The van der Waals surface area contributed by atoms with Crippen molar-refractivity contribution in [2.24, 2.45) is 5.92 Å². The highest BCUT2D eigenvalue weighted by Gasteiger charge is 2.36. The number of nitrogens with one attached hydrogen (secondary N) is 1. The van der Waals surface area contributed by atoms with Crippen LogP contribution in [0, 0.1) is 5.92 Å². The van der Waals surface area contributed by atoms with Crippen LogP contribution in [-0.2, 0) is 16.1 Å². The third kappa shape index (κ3) is 2.73. The summed E-state index contributed by atoms with van der Waals surface area (Å²) in [4.78, 5) is 38.3. The molecule has 122 valence electrons. The molecule has 1 unspecified atom stereocenters. The lowest BCUT2D eigenvalue weighted by Crippen LogP contribution is -2.32. The maximum Gasteiger partial charge on any atom is 0.229 e. The Balaban J connectivity index is 1.39. The van der Waals surface area contributed by atoms with Crippen LogP contribution in [0.15, 0.2) is 34.3 Å². The maximum absolute atomic E-state index is 12.3. The first-order valence-electron chi connectivity index (χ1n) is 7.39. The molecule has 1 fully saturated rings. The van der Waals surface area contributed by atoms with E-state index < -0.39 is 5.92 Å². The molecule has 0 spiro atoms. The van der Waals surface area contributed by atoms with Gasteiger partial charge in [0.25, 0.3) is 0 Å². The van der Waals surface area contributed by atoms with E-state index in [2.05, 4.69) is 20.3 Å². The van der Waals surface area contributed by atoms with Gasteiger partial charge in [-0.1, -0.05) is 0 Å². The van der Waals surface area contributed by atoms with Crippen molar-refractivity contribution in [3.05, 3.63) is 35.8 Å². The average Bonchev–Trinajstić information content (AvgIpc) is 3.30. The third-order valence-corrected chi connectivity index (χ3v) is 4.56. The number of rotatable bonds is 4. The molecule has 9 heteroatoms. The summed E-state index contributed by atoms with van der Waals surface area (Å²) in [7, 11) is 0. The van der Waals surface area contributed by atoms with E-state index in [4.69, 9.17) is 4.42 Å². The van der Waals surface area contributed by atoms with Crippen LogP contribution >= 0.6 is 11.3 Å². The number of thiazole rings is 1. The summed E-state index contributed by atoms with van der Waals surface area (Å²) in [6, 6.07) is 3.52. The lowest BCUT2D eigenvalue weighted by atomic mass is 10.1. The van der Waals surface area contributed by atoms with E-state index in [-0.39, 0.29) is 24.8 Å². The van der Waals surface area contributed by atoms with Gasteiger partial charge in [-0.25, -0.2) is 9.97 Å². The molecule has 0 saturated carbocycles. The van der Waals surface area contributed by atoms with Gasteiger partial charge in [0.05, 0.1) is 12.5 Å². The molecule has 1 aliphatic rings. The minimum absolute atomic E-state index is 0.0869. The van der Waals surface area contributed by atoms with Crippen LogP contribution in [0.5, 0.6) is 0 Å². The SMILES string of the molecule is O=C(NCc1nc2ncccc2o1)C1CC(=O)N(c2nccs2)C1. The highest BCUT2D eigenvalue weighted by Crippen LogP contribution is 2.26. The van der Waals surface area contributed by atoms with Crippen LogP contribution in [0.25, 0.3) is 11.2 Å². The van der Waals surface area contributed by atoms with Gasteiger partial charge >= 0.3 is 0 Å². The maximum atomic E-state index is 12.3. The van der Waals surface area contributed by atoms with Gasteiger partial charge in [-0.05, 0) is 12.1 Å². The number of oxazole rings is 1. The summed E-state index contributed by atoms with van der Waals surface area (Å²) >= 11 is 1.38. The average molecular weight is 343 g/mol. The molecule has 24 heavy (non-hydrogen) atoms. The van der Waals surface area contributed by atoms with Crippen LogP contribution in [0.1, 0.15) is 12.3 Å². The number of anilines is 1. The normalized spacial score (nSPS) is 17.6. The smallest absolute Gasteiger partial charge is 0.229 e. The number of pyridine rings is 1. The molecule has 4 rings (SSSR count). The first-order chi connectivity index (χ1) is 11.7. The van der Waals surface area contributed by atoms with Gasteiger partial charge in [-0.3, -0.25) is 14.5 Å². The summed E-state index contributed by atoms with van der Waals surface area (Å²) in [5.41, 5.74) is 1.08. The van der Waals surface area contributed by atoms with Crippen LogP contribution in [0.2, 0.25) is 0 Å². The summed E-state index contributed by atoms with van der Waals surface area (Å²) in [6.07, 6.45) is 3.45. The highest BCUT2D eigenvalue weighted by atomic mass is 32.1. The van der Waals surface area contributed by atoms with E-state index >= 15 is 0 Å². The zero-order valence-electron chi connectivity index (χ0n) is 12.5. The quantitative estimate of drug-likeness (QED) is 0.767. The molecule has 3 aromatic heterocycles. The van der Waals surface area contributed by atoms with Crippen molar-refractivity contribution in [3.63, 3.8) is 0 Å². The number of carbonyl (C=O) groups excluding carboxylic acids is 2. The summed E-state index contributed by atoms with van der Waals surface area (Å²) < 4.78 is 5.51. The van der Waals surface area contributed by atoms with Crippen LogP contribution < -0.4 is 10.2 Å². The summed E-state index contributed by atoms with van der Waals surface area (Å²) in [5.74, 6) is -0.296. The fourth-order valence-corrected chi connectivity index (χ4v) is 3.28. The molecule has 0 radical (unpaired) electrons. The molecule has 2 amide bonds. The molecule has 1 saturated heterocycles. The molecule has 0 aromatic carbocycles. The molecule has 0 bridgehead atoms. The molecule has 3 aromatic rings. The number of nitrogens with zero attached hydrogens (tertiary/aromatic N) is 4. The van der Waals surface area contributed by atoms with E-state index in [1.54, 1.807) is 34.8 Å². The van der Waals surface area contributed by atoms with E-state index in [0.717, 1.165) is 0 Å². The van der Waals surface area contributed by atoms with E-state index in [1.807, 2.05) is 0 Å². The van der Waals surface area contributed by atoms with Crippen molar-refractivity contribution in [1.82, 2.24) is 20.3 Å². The standard InChI is InChI=1S/C15H13N5O3S/c21-12-6-9(8-20(12)15-17-4-5-24-15)14(22)18-7-11-19-13-10(23-11)2-1-3-16-13/h1-5,9H,6-8H2,(H,18,22). The first kappa shape index (κ1) is 14.8. The lowest BCUT2D eigenvalue weighted by molar-refractivity contribution is -0.126. The van der Waals surface area contributed by atoms with Gasteiger partial charge in [0.2, 0.25) is 17.7 Å². The van der Waals surface area contributed by atoms with Gasteiger partial charge in [0, 0.05) is 30.7 Å². The second-order valence-electron chi connectivity index (χ2n) is 5.37. The molecule has 0 aliphatic carbocycles. The van der Waals surface area contributed by atoms with Gasteiger partial charge in [-0.2, -0.15) is 4.98 Å². The number of aromatic nitrogens is 3. The second-order valence-corrected chi connectivity index (χ2v) is 6.24. The Kier molecular flexibility index (Phi) is 3.69. The van der Waals surface area contributed by atoms with Crippen LogP contribution in [0.3, 0.4) is 0 Å². The van der Waals surface area contributed by atoms with E-state index in [1.165, 1.54) is 11.3 Å². The number of hydrogen-bond acceptors (Lipinski definition) is 7. The third-order valence-electron chi connectivity index (χ3n) is 3.77. The van der Waals surface area contributed by atoms with E-state index in [0.29, 0.717) is 28.8 Å². The minimum Gasteiger partial charge on any atom is -0.437 e. The summed E-state index contributed by atoms with van der Waals surface area (Å²) in [6.45, 7) is 0.504. The Morgan fingerprint density at radius 3 is 3.12 bits per heavy atom. The number of fused-ring (bicyclic) bond motifs is 1. The molecule has 1 atom stereocenters. The minimum atomic E-state index is -0.399. The lowest BCUT2D eigenvalue weighted by Gasteiger charge is -2.12. The fraction of sp³-hybridized carbons (Fsp3) is 0.267. The zero-order valence-corrected chi connectivity index (χ0v) is 13.3. The summed E-state index contributed by atoms with van der Waals surface area (Å²) in [5, 5.41) is 5.20. The zero-order chi connectivity index (χ0) is 16.5. The molecule has 1 aliphatic heterocycles. The Hall–Kier alpha value is -2.81. The Bertz CT molecular complexity index is 859. The molecular formula is C15H13N5O3S. The van der Waals surface area contributed by atoms with Crippen molar-refractivity contribution in [1.29, 1.82) is 0 Å². The Morgan fingerprint density at radius 2 is 2.33 bits per heavy atom. The van der Waals surface area contributed by atoms with Crippen molar-refractivity contribution >= 4 is 39.5 Å². The van der Waals surface area contributed by atoms with Gasteiger partial charge in [-0.15, -0.1) is 11.3 Å². The first-order valence-corrected chi connectivity index (χ1v) is 8.26.